The van der Waals surface area contributed by atoms with E-state index in [-0.39, 0.29) is 17.2 Å². The van der Waals surface area contributed by atoms with Crippen molar-refractivity contribution in [2.75, 3.05) is 24.3 Å². The monoisotopic (exact) mass is 423 g/mol. The van der Waals surface area contributed by atoms with Gasteiger partial charge >= 0.3 is 0 Å². The Labute approximate surface area is 177 Å². The fraction of sp³-hybridized carbons (Fsp3) is 0.227. The standard InChI is InChI=1S/C22H21N3O4S/c1-2-10-25-21(27)16-6-3-4-7-17(16)24-22(25)30-14-20(26)23-15-8-9-18-19(13-15)29-12-5-11-28-18/h2-4,6-9,13H,1,5,10-12,14H2,(H,23,26). The highest BCUT2D eigenvalue weighted by atomic mass is 32.2. The van der Waals surface area contributed by atoms with Crippen molar-refractivity contribution >= 4 is 34.3 Å². The molecule has 1 aliphatic heterocycles. The molecule has 2 heterocycles. The third kappa shape index (κ3) is 4.33. The largest absolute Gasteiger partial charge is 0.490 e. The zero-order chi connectivity index (χ0) is 20.9. The van der Waals surface area contributed by atoms with Crippen LogP contribution in [0.25, 0.3) is 10.9 Å². The van der Waals surface area contributed by atoms with Gasteiger partial charge in [0.2, 0.25) is 5.91 Å². The summed E-state index contributed by atoms with van der Waals surface area (Å²) in [6.07, 6.45) is 2.46. The predicted octanol–water partition coefficient (Wildman–Crippen LogP) is 3.47. The summed E-state index contributed by atoms with van der Waals surface area (Å²) in [5.74, 6) is 1.20. The first-order valence-electron chi connectivity index (χ1n) is 9.58. The van der Waals surface area contributed by atoms with Crippen molar-refractivity contribution < 1.29 is 14.3 Å². The van der Waals surface area contributed by atoms with Crippen LogP contribution in [0.1, 0.15) is 6.42 Å². The molecule has 4 rings (SSSR count). The molecular formula is C22H21N3O4S. The van der Waals surface area contributed by atoms with Crippen LogP contribution in [0.15, 0.2) is 65.1 Å². The van der Waals surface area contributed by atoms with Crippen molar-refractivity contribution in [3.63, 3.8) is 0 Å². The average molecular weight is 423 g/mol. The van der Waals surface area contributed by atoms with Crippen molar-refractivity contribution in [1.29, 1.82) is 0 Å². The van der Waals surface area contributed by atoms with Crippen LogP contribution in [0.4, 0.5) is 5.69 Å². The molecule has 0 atom stereocenters. The second-order valence-electron chi connectivity index (χ2n) is 6.66. The van der Waals surface area contributed by atoms with Gasteiger partial charge in [0.15, 0.2) is 16.7 Å². The number of aromatic nitrogens is 2. The van der Waals surface area contributed by atoms with Gasteiger partial charge in [-0.15, -0.1) is 6.58 Å². The van der Waals surface area contributed by atoms with Crippen LogP contribution in [-0.4, -0.2) is 34.4 Å². The van der Waals surface area contributed by atoms with Crippen LogP contribution in [-0.2, 0) is 11.3 Å². The zero-order valence-corrected chi connectivity index (χ0v) is 17.1. The van der Waals surface area contributed by atoms with Crippen molar-refractivity contribution in [3.05, 3.63) is 65.5 Å². The molecule has 1 aromatic heterocycles. The van der Waals surface area contributed by atoms with E-state index in [2.05, 4.69) is 16.9 Å². The second-order valence-corrected chi connectivity index (χ2v) is 7.61. The summed E-state index contributed by atoms with van der Waals surface area (Å²) in [7, 11) is 0. The van der Waals surface area contributed by atoms with E-state index in [9.17, 15) is 9.59 Å². The number of carbonyl (C=O) groups is 1. The first-order chi connectivity index (χ1) is 14.7. The highest BCUT2D eigenvalue weighted by molar-refractivity contribution is 7.99. The number of anilines is 1. The first-order valence-corrected chi connectivity index (χ1v) is 10.6. The topological polar surface area (TPSA) is 82.5 Å². The molecule has 3 aromatic rings. The van der Waals surface area contributed by atoms with E-state index in [1.807, 2.05) is 6.07 Å². The molecule has 0 unspecified atom stereocenters. The molecule has 7 nitrogen and oxygen atoms in total. The van der Waals surface area contributed by atoms with E-state index in [4.69, 9.17) is 9.47 Å². The summed E-state index contributed by atoms with van der Waals surface area (Å²) in [5.41, 5.74) is 1.08. The Bertz CT molecular complexity index is 1160. The molecule has 1 N–H and O–H groups in total. The number of fused-ring (bicyclic) bond motifs is 2. The highest BCUT2D eigenvalue weighted by Gasteiger charge is 2.14. The molecule has 8 heteroatoms. The molecule has 2 aromatic carbocycles. The van der Waals surface area contributed by atoms with E-state index in [1.165, 1.54) is 16.3 Å². The van der Waals surface area contributed by atoms with Gasteiger partial charge in [-0.1, -0.05) is 30.0 Å². The molecule has 1 aliphatic rings. The Morgan fingerprint density at radius 1 is 1.20 bits per heavy atom. The van der Waals surface area contributed by atoms with Crippen molar-refractivity contribution in [1.82, 2.24) is 9.55 Å². The van der Waals surface area contributed by atoms with E-state index in [1.54, 1.807) is 42.5 Å². The minimum absolute atomic E-state index is 0.108. The van der Waals surface area contributed by atoms with E-state index in [0.717, 1.165) is 6.42 Å². The van der Waals surface area contributed by atoms with E-state index >= 15 is 0 Å². The highest BCUT2D eigenvalue weighted by Crippen LogP contribution is 2.32. The second kappa shape index (κ2) is 9.04. The van der Waals surface area contributed by atoms with Gasteiger partial charge in [-0.25, -0.2) is 4.98 Å². The molecule has 0 aliphatic carbocycles. The third-order valence-electron chi connectivity index (χ3n) is 4.50. The lowest BCUT2D eigenvalue weighted by Crippen LogP contribution is -2.23. The Kier molecular flexibility index (Phi) is 6.04. The van der Waals surface area contributed by atoms with Crippen molar-refractivity contribution in [2.24, 2.45) is 0 Å². The van der Waals surface area contributed by atoms with Gasteiger partial charge in [0.05, 0.1) is 29.9 Å². The molecular weight excluding hydrogens is 402 g/mol. The third-order valence-corrected chi connectivity index (χ3v) is 5.48. The molecule has 0 bridgehead atoms. The summed E-state index contributed by atoms with van der Waals surface area (Å²) < 4.78 is 12.8. The summed E-state index contributed by atoms with van der Waals surface area (Å²) in [6.45, 7) is 5.22. The lowest BCUT2D eigenvalue weighted by Gasteiger charge is -2.12. The van der Waals surface area contributed by atoms with Gasteiger partial charge in [-0.05, 0) is 24.3 Å². The van der Waals surface area contributed by atoms with E-state index < -0.39 is 0 Å². The lowest BCUT2D eigenvalue weighted by atomic mass is 10.2. The number of nitrogens with one attached hydrogen (secondary N) is 1. The normalized spacial score (nSPS) is 12.9. The maximum Gasteiger partial charge on any atom is 0.262 e. The molecule has 30 heavy (non-hydrogen) atoms. The molecule has 0 radical (unpaired) electrons. The number of hydrogen-bond acceptors (Lipinski definition) is 6. The predicted molar refractivity (Wildman–Crippen MR) is 118 cm³/mol. The fourth-order valence-electron chi connectivity index (χ4n) is 3.12. The number of carbonyl (C=O) groups excluding carboxylic acids is 1. The smallest absolute Gasteiger partial charge is 0.262 e. The number of benzene rings is 2. The Balaban J connectivity index is 1.49. The van der Waals surface area contributed by atoms with Crippen LogP contribution in [0.3, 0.4) is 0 Å². The molecule has 154 valence electrons. The van der Waals surface area contributed by atoms with Crippen molar-refractivity contribution in [3.8, 4) is 11.5 Å². The number of para-hydroxylation sites is 1. The Morgan fingerprint density at radius 2 is 2.00 bits per heavy atom. The van der Waals surface area contributed by atoms with Gasteiger partial charge in [0, 0.05) is 24.7 Å². The molecule has 0 spiro atoms. The fourth-order valence-corrected chi connectivity index (χ4v) is 3.92. The number of hydrogen-bond donors (Lipinski definition) is 1. The van der Waals surface area contributed by atoms with Gasteiger partial charge in [-0.2, -0.15) is 0 Å². The minimum atomic E-state index is -0.206. The van der Waals surface area contributed by atoms with Gasteiger partial charge in [-0.3, -0.25) is 14.2 Å². The quantitative estimate of drug-likeness (QED) is 0.371. The molecule has 0 fully saturated rings. The first kappa shape index (κ1) is 20.0. The molecule has 0 saturated heterocycles. The van der Waals surface area contributed by atoms with Crippen LogP contribution in [0.2, 0.25) is 0 Å². The molecule has 1 amide bonds. The van der Waals surface area contributed by atoms with Crippen LogP contribution in [0, 0.1) is 0 Å². The number of allylic oxidation sites excluding steroid dienone is 1. The summed E-state index contributed by atoms with van der Waals surface area (Å²) >= 11 is 1.21. The number of thioether (sulfide) groups is 1. The van der Waals surface area contributed by atoms with Crippen LogP contribution < -0.4 is 20.3 Å². The summed E-state index contributed by atoms with van der Waals surface area (Å²) in [5, 5.41) is 3.88. The number of rotatable bonds is 6. The number of ether oxygens (including phenoxy) is 2. The average Bonchev–Trinajstić information content (AvgIpc) is 2.99. The van der Waals surface area contributed by atoms with E-state index in [0.29, 0.717) is 53.0 Å². The summed E-state index contributed by atoms with van der Waals surface area (Å²) in [4.78, 5) is 29.8. The maximum atomic E-state index is 12.8. The van der Waals surface area contributed by atoms with Gasteiger partial charge < -0.3 is 14.8 Å². The number of amides is 1. The van der Waals surface area contributed by atoms with Gasteiger partial charge in [0.1, 0.15) is 0 Å². The minimum Gasteiger partial charge on any atom is -0.490 e. The van der Waals surface area contributed by atoms with Crippen LogP contribution in [0.5, 0.6) is 11.5 Å². The Hall–Kier alpha value is -3.26. The molecule has 0 saturated carbocycles. The maximum absolute atomic E-state index is 12.8. The zero-order valence-electron chi connectivity index (χ0n) is 16.3. The van der Waals surface area contributed by atoms with Crippen LogP contribution >= 0.6 is 11.8 Å². The lowest BCUT2D eigenvalue weighted by molar-refractivity contribution is -0.113. The number of nitrogens with zero attached hydrogens (tertiary/aromatic N) is 2. The SMILES string of the molecule is C=CCn1c(SCC(=O)Nc2ccc3c(c2)OCCCO3)nc2ccccc2c1=O. The van der Waals surface area contributed by atoms with Crippen molar-refractivity contribution in [2.45, 2.75) is 18.1 Å². The van der Waals surface area contributed by atoms with Gasteiger partial charge in [0.25, 0.3) is 5.56 Å². The summed E-state index contributed by atoms with van der Waals surface area (Å²) in [6, 6.07) is 12.5. The Morgan fingerprint density at radius 3 is 2.83 bits per heavy atom.